The molecule has 1 saturated carbocycles. The molecule has 0 bridgehead atoms. The number of benzene rings is 1. The monoisotopic (exact) mass is 254 g/mol. The second kappa shape index (κ2) is 3.88. The van der Waals surface area contributed by atoms with Gasteiger partial charge in [-0.3, -0.25) is 0 Å². The summed E-state index contributed by atoms with van der Waals surface area (Å²) >= 11 is 0. The lowest BCUT2D eigenvalue weighted by Crippen LogP contribution is -2.34. The van der Waals surface area contributed by atoms with E-state index in [1.165, 1.54) is 43.2 Å². The third-order valence-corrected chi connectivity index (χ3v) is 5.96. The van der Waals surface area contributed by atoms with Crippen LogP contribution in [0.5, 0.6) is 5.75 Å². The van der Waals surface area contributed by atoms with Gasteiger partial charge < -0.3 is 5.11 Å². The van der Waals surface area contributed by atoms with Crippen molar-refractivity contribution in [3.63, 3.8) is 0 Å². The number of aromatic hydroxyl groups is 1. The van der Waals surface area contributed by atoms with Gasteiger partial charge in [-0.15, -0.1) is 0 Å². The molecule has 3 atom stereocenters. The highest BCUT2D eigenvalue weighted by molar-refractivity contribution is 5.73. The van der Waals surface area contributed by atoms with Gasteiger partial charge in [0.25, 0.3) is 0 Å². The summed E-state index contributed by atoms with van der Waals surface area (Å²) in [6.07, 6.45) is 10.4. The summed E-state index contributed by atoms with van der Waals surface area (Å²) < 4.78 is 0. The molecule has 1 heteroatoms. The number of hydrogen-bond acceptors (Lipinski definition) is 1. The highest BCUT2D eigenvalue weighted by Gasteiger charge is 2.46. The Hall–Kier alpha value is -1.24. The minimum Gasteiger partial charge on any atom is -0.508 e. The van der Waals surface area contributed by atoms with Gasteiger partial charge in [0.15, 0.2) is 0 Å². The Kier molecular flexibility index (Phi) is 2.36. The Bertz CT molecular complexity index is 557. The van der Waals surface area contributed by atoms with Crippen LogP contribution in [0.1, 0.15) is 50.2 Å². The van der Waals surface area contributed by atoms with Crippen molar-refractivity contribution in [3.8, 4) is 5.75 Å². The number of rotatable bonds is 0. The Balaban J connectivity index is 1.80. The largest absolute Gasteiger partial charge is 0.508 e. The zero-order valence-electron chi connectivity index (χ0n) is 11.7. The van der Waals surface area contributed by atoms with E-state index >= 15 is 0 Å². The van der Waals surface area contributed by atoms with Crippen molar-refractivity contribution in [1.82, 2.24) is 0 Å². The summed E-state index contributed by atoms with van der Waals surface area (Å²) in [5.74, 6) is 2.09. The summed E-state index contributed by atoms with van der Waals surface area (Å²) in [7, 11) is 0. The molecule has 3 aliphatic carbocycles. The predicted molar refractivity (Wildman–Crippen MR) is 78.0 cm³/mol. The molecule has 3 unspecified atom stereocenters. The maximum atomic E-state index is 9.66. The van der Waals surface area contributed by atoms with Crippen molar-refractivity contribution in [2.24, 2.45) is 17.3 Å². The fraction of sp³-hybridized carbons (Fsp3) is 0.556. The van der Waals surface area contributed by atoms with Crippen molar-refractivity contribution >= 4 is 5.57 Å². The molecule has 0 amide bonds. The summed E-state index contributed by atoms with van der Waals surface area (Å²) in [5.41, 5.74) is 4.93. The minimum absolute atomic E-state index is 0.416. The van der Waals surface area contributed by atoms with Crippen molar-refractivity contribution < 1.29 is 5.11 Å². The molecule has 0 aromatic heterocycles. The summed E-state index contributed by atoms with van der Waals surface area (Å²) in [6.45, 7) is 2.50. The summed E-state index contributed by atoms with van der Waals surface area (Å²) in [5, 5.41) is 9.66. The Labute approximate surface area is 115 Å². The van der Waals surface area contributed by atoms with Gasteiger partial charge in [-0.25, -0.2) is 0 Å². The molecule has 0 saturated heterocycles. The Morgan fingerprint density at radius 2 is 2.16 bits per heavy atom. The number of aryl methyl sites for hydroxylation is 1. The van der Waals surface area contributed by atoms with E-state index in [1.807, 2.05) is 12.1 Å². The normalized spacial score (nSPS) is 36.2. The fourth-order valence-corrected chi connectivity index (χ4v) is 4.96. The molecule has 1 N–H and O–H groups in total. The molecule has 3 aliphatic rings. The van der Waals surface area contributed by atoms with Crippen LogP contribution >= 0.6 is 0 Å². The van der Waals surface area contributed by atoms with Crippen LogP contribution in [0.15, 0.2) is 24.3 Å². The quantitative estimate of drug-likeness (QED) is 0.720. The number of phenols is 1. The number of hydrogen-bond donors (Lipinski definition) is 1. The number of fused-ring (bicyclic) bond motifs is 5. The van der Waals surface area contributed by atoms with Crippen LogP contribution in [-0.2, 0) is 6.42 Å². The number of allylic oxidation sites excluding steroid dienone is 2. The third kappa shape index (κ3) is 1.60. The average Bonchev–Trinajstić information content (AvgIpc) is 2.79. The maximum Gasteiger partial charge on any atom is 0.115 e. The standard InChI is InChI=1S/C18H22O/c1-18-9-2-3-17(18)16-6-4-12-11-13(19)5-7-14(12)15(16)8-10-18/h5,7-8,11,16-17,19H,2-4,6,9-10H2,1H3. The van der Waals surface area contributed by atoms with E-state index in [-0.39, 0.29) is 0 Å². The van der Waals surface area contributed by atoms with E-state index in [1.54, 1.807) is 5.57 Å². The molecular weight excluding hydrogens is 232 g/mol. The zero-order chi connectivity index (χ0) is 13.0. The first-order chi connectivity index (χ1) is 9.17. The lowest BCUT2D eigenvalue weighted by molar-refractivity contribution is 0.168. The van der Waals surface area contributed by atoms with Crippen LogP contribution in [0.2, 0.25) is 0 Å². The van der Waals surface area contributed by atoms with Crippen molar-refractivity contribution in [2.45, 2.75) is 45.4 Å². The molecule has 19 heavy (non-hydrogen) atoms. The summed E-state index contributed by atoms with van der Waals surface area (Å²) in [4.78, 5) is 0. The smallest absolute Gasteiger partial charge is 0.115 e. The van der Waals surface area contributed by atoms with Gasteiger partial charge in [-0.05, 0) is 78.2 Å². The molecular formula is C18H22O. The van der Waals surface area contributed by atoms with Gasteiger partial charge in [-0.2, -0.15) is 0 Å². The first-order valence-electron chi connectivity index (χ1n) is 7.70. The van der Waals surface area contributed by atoms with Crippen LogP contribution in [0.3, 0.4) is 0 Å². The van der Waals surface area contributed by atoms with Crippen molar-refractivity contribution in [3.05, 3.63) is 35.4 Å². The van der Waals surface area contributed by atoms with Gasteiger partial charge >= 0.3 is 0 Å². The first-order valence-corrected chi connectivity index (χ1v) is 7.70. The van der Waals surface area contributed by atoms with E-state index in [2.05, 4.69) is 19.1 Å². The molecule has 0 radical (unpaired) electrons. The van der Waals surface area contributed by atoms with Gasteiger partial charge in [0, 0.05) is 0 Å². The van der Waals surface area contributed by atoms with Gasteiger partial charge in [0.2, 0.25) is 0 Å². The first kappa shape index (κ1) is 11.6. The minimum atomic E-state index is 0.416. The third-order valence-electron chi connectivity index (χ3n) is 5.96. The van der Waals surface area contributed by atoms with Crippen molar-refractivity contribution in [1.29, 1.82) is 0 Å². The summed E-state index contributed by atoms with van der Waals surface area (Å²) in [6, 6.07) is 5.96. The highest BCUT2D eigenvalue weighted by Crippen LogP contribution is 2.58. The molecule has 1 aromatic rings. The Morgan fingerprint density at radius 3 is 3.05 bits per heavy atom. The van der Waals surface area contributed by atoms with E-state index in [4.69, 9.17) is 0 Å². The molecule has 0 spiro atoms. The molecule has 100 valence electrons. The van der Waals surface area contributed by atoms with E-state index < -0.39 is 0 Å². The topological polar surface area (TPSA) is 20.2 Å². The molecule has 1 fully saturated rings. The molecule has 0 aliphatic heterocycles. The molecule has 0 heterocycles. The maximum absolute atomic E-state index is 9.66. The zero-order valence-corrected chi connectivity index (χ0v) is 11.7. The molecule has 1 aromatic carbocycles. The van der Waals surface area contributed by atoms with Crippen LogP contribution in [-0.4, -0.2) is 5.11 Å². The second-order valence-electron chi connectivity index (χ2n) is 7.00. The average molecular weight is 254 g/mol. The highest BCUT2D eigenvalue weighted by atomic mass is 16.3. The lowest BCUT2D eigenvalue weighted by Gasteiger charge is -2.44. The molecule has 1 nitrogen and oxygen atoms in total. The van der Waals surface area contributed by atoms with Crippen LogP contribution in [0.25, 0.3) is 5.57 Å². The number of phenolic OH excluding ortho intramolecular Hbond substituents is 1. The van der Waals surface area contributed by atoms with Crippen LogP contribution in [0, 0.1) is 17.3 Å². The lowest BCUT2D eigenvalue weighted by atomic mass is 9.60. The fourth-order valence-electron chi connectivity index (χ4n) is 4.96. The molecule has 4 rings (SSSR count). The van der Waals surface area contributed by atoms with Gasteiger partial charge in [0.05, 0.1) is 0 Å². The predicted octanol–water partition coefficient (Wildman–Crippen LogP) is 4.55. The van der Waals surface area contributed by atoms with Crippen molar-refractivity contribution in [2.75, 3.05) is 0 Å². The van der Waals surface area contributed by atoms with E-state index in [0.717, 1.165) is 18.3 Å². The SMILES string of the molecule is CC12CC=C3c4ccc(O)cc4CCC3C1CCC2. The van der Waals surface area contributed by atoms with Crippen LogP contribution in [0.4, 0.5) is 0 Å². The Morgan fingerprint density at radius 1 is 1.26 bits per heavy atom. The van der Waals surface area contributed by atoms with Gasteiger partial charge in [-0.1, -0.05) is 25.5 Å². The van der Waals surface area contributed by atoms with Crippen LogP contribution < -0.4 is 0 Å². The van der Waals surface area contributed by atoms with Gasteiger partial charge in [0.1, 0.15) is 5.75 Å². The van der Waals surface area contributed by atoms with E-state index in [9.17, 15) is 5.11 Å². The van der Waals surface area contributed by atoms with E-state index in [0.29, 0.717) is 11.2 Å². The second-order valence-corrected chi connectivity index (χ2v) is 7.00.